The van der Waals surface area contributed by atoms with Gasteiger partial charge in [-0.25, -0.2) is 0 Å². The van der Waals surface area contributed by atoms with Crippen molar-refractivity contribution in [3.8, 4) is 11.5 Å². The van der Waals surface area contributed by atoms with Gasteiger partial charge >= 0.3 is 0 Å². The molecule has 2 rings (SSSR count). The molecule has 5 nitrogen and oxygen atoms in total. The molecule has 0 saturated carbocycles. The number of nitrogens with zero attached hydrogens (tertiary/aromatic N) is 2. The third-order valence-electron chi connectivity index (χ3n) is 2.64. The third kappa shape index (κ3) is 2.38. The van der Waals surface area contributed by atoms with Gasteiger partial charge in [-0.15, -0.1) is 5.10 Å². The fourth-order valence-electron chi connectivity index (χ4n) is 1.70. The van der Waals surface area contributed by atoms with Crippen molar-refractivity contribution < 1.29 is 9.47 Å². The molecule has 1 heterocycles. The predicted molar refractivity (Wildman–Crippen MR) is 66.9 cm³/mol. The monoisotopic (exact) mass is 233 g/mol. The van der Waals surface area contributed by atoms with E-state index in [1.165, 1.54) is 0 Å². The second-order valence-corrected chi connectivity index (χ2v) is 3.70. The summed E-state index contributed by atoms with van der Waals surface area (Å²) in [6.07, 6.45) is 1.51. The molecule has 0 radical (unpaired) electrons. The van der Waals surface area contributed by atoms with Crippen molar-refractivity contribution in [2.24, 2.45) is 15.9 Å². The van der Waals surface area contributed by atoms with Crippen LogP contribution in [0.2, 0.25) is 0 Å². The Balaban J connectivity index is 2.38. The molecule has 0 unspecified atom stereocenters. The lowest BCUT2D eigenvalue weighted by Gasteiger charge is -2.13. The van der Waals surface area contributed by atoms with Crippen LogP contribution < -0.4 is 15.2 Å². The van der Waals surface area contributed by atoms with Crippen LogP contribution in [0, 0.1) is 0 Å². The predicted octanol–water partition coefficient (Wildman–Crippen LogP) is 1.56. The van der Waals surface area contributed by atoms with Crippen molar-refractivity contribution in [1.82, 2.24) is 0 Å². The molecule has 0 amide bonds. The first-order chi connectivity index (χ1) is 8.24. The fraction of sp³-hybridized carbons (Fsp3) is 0.333. The summed E-state index contributed by atoms with van der Waals surface area (Å²) in [6.45, 7) is 0. The Bertz CT molecular complexity index is 481. The van der Waals surface area contributed by atoms with E-state index in [1.807, 2.05) is 18.2 Å². The van der Waals surface area contributed by atoms with E-state index < -0.39 is 0 Å². The van der Waals surface area contributed by atoms with Gasteiger partial charge in [-0.05, 0) is 18.6 Å². The largest absolute Gasteiger partial charge is 0.497 e. The Morgan fingerprint density at radius 2 is 1.94 bits per heavy atom. The second-order valence-electron chi connectivity index (χ2n) is 3.70. The molecule has 5 heteroatoms. The van der Waals surface area contributed by atoms with Crippen molar-refractivity contribution in [3.63, 3.8) is 0 Å². The molecule has 0 saturated heterocycles. The van der Waals surface area contributed by atoms with Crippen molar-refractivity contribution >= 4 is 11.5 Å². The number of benzene rings is 1. The number of hydrogen-bond acceptors (Lipinski definition) is 5. The first-order valence-electron chi connectivity index (χ1n) is 5.36. The molecule has 0 atom stereocenters. The highest BCUT2D eigenvalue weighted by molar-refractivity contribution is 6.06. The average molecular weight is 233 g/mol. The normalized spacial score (nSPS) is 14.9. The minimum atomic E-state index is 0.571. The van der Waals surface area contributed by atoms with Crippen molar-refractivity contribution in [3.05, 3.63) is 23.8 Å². The highest BCUT2D eigenvalue weighted by Gasteiger charge is 2.14. The molecule has 0 spiro atoms. The molecule has 1 aliphatic rings. The lowest BCUT2D eigenvalue weighted by atomic mass is 10.0. The zero-order chi connectivity index (χ0) is 12.3. The zero-order valence-corrected chi connectivity index (χ0v) is 9.93. The SMILES string of the molecule is COc1ccc(C2=NN=C(N)CC2)c(OC)c1. The average Bonchev–Trinajstić information content (AvgIpc) is 2.39. The number of rotatable bonds is 3. The molecule has 1 aliphatic heterocycles. The minimum absolute atomic E-state index is 0.571. The summed E-state index contributed by atoms with van der Waals surface area (Å²) in [4.78, 5) is 0. The Labute approximate surface area is 99.9 Å². The van der Waals surface area contributed by atoms with E-state index in [4.69, 9.17) is 15.2 Å². The number of amidine groups is 1. The summed E-state index contributed by atoms with van der Waals surface area (Å²) in [7, 11) is 3.25. The van der Waals surface area contributed by atoms with Crippen molar-refractivity contribution in [1.29, 1.82) is 0 Å². The van der Waals surface area contributed by atoms with Crippen LogP contribution in [0.4, 0.5) is 0 Å². The van der Waals surface area contributed by atoms with E-state index in [0.29, 0.717) is 5.84 Å². The van der Waals surface area contributed by atoms with Crippen LogP contribution in [0.3, 0.4) is 0 Å². The Morgan fingerprint density at radius 3 is 2.53 bits per heavy atom. The summed E-state index contributed by atoms with van der Waals surface area (Å²) in [5.74, 6) is 2.06. The van der Waals surface area contributed by atoms with Crippen LogP contribution >= 0.6 is 0 Å². The number of hydrogen-bond donors (Lipinski definition) is 1. The molecule has 0 bridgehead atoms. The van der Waals surface area contributed by atoms with E-state index in [1.54, 1.807) is 14.2 Å². The molecule has 0 fully saturated rings. The summed E-state index contributed by atoms with van der Waals surface area (Å²) < 4.78 is 10.5. The molecule has 2 N–H and O–H groups in total. The van der Waals surface area contributed by atoms with Crippen LogP contribution in [0.5, 0.6) is 11.5 Å². The summed E-state index contributed by atoms with van der Waals surface area (Å²) in [5, 5.41) is 8.00. The van der Waals surface area contributed by atoms with Crippen LogP contribution in [-0.4, -0.2) is 25.8 Å². The Kier molecular flexibility index (Phi) is 3.27. The number of methoxy groups -OCH3 is 2. The number of nitrogens with two attached hydrogens (primary N) is 1. The zero-order valence-electron chi connectivity index (χ0n) is 9.93. The van der Waals surface area contributed by atoms with Gasteiger partial charge in [0.05, 0.1) is 19.9 Å². The molecular formula is C12H15N3O2. The van der Waals surface area contributed by atoms with Gasteiger partial charge in [0.25, 0.3) is 0 Å². The molecule has 0 aliphatic carbocycles. The van der Waals surface area contributed by atoms with Crippen molar-refractivity contribution in [2.75, 3.05) is 14.2 Å². The van der Waals surface area contributed by atoms with E-state index in [2.05, 4.69) is 10.2 Å². The van der Waals surface area contributed by atoms with Crippen molar-refractivity contribution in [2.45, 2.75) is 12.8 Å². The molecular weight excluding hydrogens is 218 g/mol. The maximum Gasteiger partial charge on any atom is 0.131 e. The summed E-state index contributed by atoms with van der Waals surface area (Å²) in [6, 6.07) is 5.63. The highest BCUT2D eigenvalue weighted by atomic mass is 16.5. The van der Waals surface area contributed by atoms with Gasteiger partial charge in [0.15, 0.2) is 0 Å². The van der Waals surface area contributed by atoms with Crippen LogP contribution in [0.25, 0.3) is 0 Å². The first-order valence-corrected chi connectivity index (χ1v) is 5.36. The van der Waals surface area contributed by atoms with Gasteiger partial charge < -0.3 is 15.2 Å². The van der Waals surface area contributed by atoms with Gasteiger partial charge in [-0.3, -0.25) is 0 Å². The van der Waals surface area contributed by atoms with Gasteiger partial charge in [-0.1, -0.05) is 0 Å². The third-order valence-corrected chi connectivity index (χ3v) is 2.64. The van der Waals surface area contributed by atoms with Gasteiger partial charge in [0.2, 0.25) is 0 Å². The molecule has 1 aromatic rings. The Morgan fingerprint density at radius 1 is 1.12 bits per heavy atom. The summed E-state index contributed by atoms with van der Waals surface area (Å²) in [5.41, 5.74) is 7.41. The molecule has 0 aromatic heterocycles. The smallest absolute Gasteiger partial charge is 0.131 e. The van der Waals surface area contributed by atoms with E-state index in [9.17, 15) is 0 Å². The lowest BCUT2D eigenvalue weighted by molar-refractivity contribution is 0.393. The first kappa shape index (κ1) is 11.4. The highest BCUT2D eigenvalue weighted by Crippen LogP contribution is 2.27. The molecule has 1 aromatic carbocycles. The lowest BCUT2D eigenvalue weighted by Crippen LogP contribution is -2.18. The van der Waals surface area contributed by atoms with E-state index in [-0.39, 0.29) is 0 Å². The van der Waals surface area contributed by atoms with Crippen LogP contribution in [0.15, 0.2) is 28.4 Å². The summed E-state index contributed by atoms with van der Waals surface area (Å²) >= 11 is 0. The van der Waals surface area contributed by atoms with Crippen LogP contribution in [0.1, 0.15) is 18.4 Å². The van der Waals surface area contributed by atoms with E-state index >= 15 is 0 Å². The van der Waals surface area contributed by atoms with Crippen LogP contribution in [-0.2, 0) is 0 Å². The standard InChI is InChI=1S/C12H15N3O2/c1-16-8-3-4-9(11(7-8)17-2)10-5-6-12(13)15-14-10/h3-4,7H,5-6H2,1-2H3,(H2,13,15). The maximum atomic E-state index is 5.58. The maximum absolute atomic E-state index is 5.58. The number of ether oxygens (including phenoxy) is 2. The molecule has 90 valence electrons. The fourth-order valence-corrected chi connectivity index (χ4v) is 1.70. The topological polar surface area (TPSA) is 69.2 Å². The van der Waals surface area contributed by atoms with Gasteiger partial charge in [-0.2, -0.15) is 5.10 Å². The van der Waals surface area contributed by atoms with Gasteiger partial charge in [0.1, 0.15) is 17.3 Å². The quantitative estimate of drug-likeness (QED) is 0.861. The molecule has 17 heavy (non-hydrogen) atoms. The Hall–Kier alpha value is -2.04. The van der Waals surface area contributed by atoms with Gasteiger partial charge in [0, 0.05) is 18.1 Å². The second kappa shape index (κ2) is 4.86. The van der Waals surface area contributed by atoms with E-state index in [0.717, 1.165) is 35.6 Å². The minimum Gasteiger partial charge on any atom is -0.497 e.